The number of ether oxygens (including phenoxy) is 1. The molecule has 23 heavy (non-hydrogen) atoms. The van der Waals surface area contributed by atoms with Crippen molar-refractivity contribution in [1.29, 1.82) is 0 Å². The highest BCUT2D eigenvalue weighted by molar-refractivity contribution is 9.10. The fraction of sp³-hybridized carbons (Fsp3) is 0.222. The molecule has 2 aromatic rings. The van der Waals surface area contributed by atoms with Gasteiger partial charge in [-0.05, 0) is 48.9 Å². The second-order valence-corrected chi connectivity index (χ2v) is 6.54. The Morgan fingerprint density at radius 1 is 1.22 bits per heavy atom. The van der Waals surface area contributed by atoms with Crippen LogP contribution in [0.15, 0.2) is 53.0 Å². The quantitative estimate of drug-likeness (QED) is 0.608. The van der Waals surface area contributed by atoms with Crippen molar-refractivity contribution in [1.82, 2.24) is 0 Å². The van der Waals surface area contributed by atoms with Crippen LogP contribution in [0, 0.1) is 12.8 Å². The molecule has 0 saturated carbocycles. The number of hydrogen-bond acceptors (Lipinski definition) is 3. The zero-order valence-electron chi connectivity index (χ0n) is 12.7. The number of aryl methyl sites for hydroxylation is 1. The van der Waals surface area contributed by atoms with E-state index in [0.717, 1.165) is 15.7 Å². The Balaban J connectivity index is 1.69. The van der Waals surface area contributed by atoms with Crippen molar-refractivity contribution in [2.24, 2.45) is 5.92 Å². The van der Waals surface area contributed by atoms with Crippen molar-refractivity contribution < 1.29 is 14.3 Å². The summed E-state index contributed by atoms with van der Waals surface area (Å²) in [6.07, 6.45) is 0.184. The number of carbonyl (C=O) groups excluding carboxylic acids is 2. The lowest BCUT2D eigenvalue weighted by molar-refractivity contribution is -0.139. The van der Waals surface area contributed by atoms with Gasteiger partial charge in [-0.1, -0.05) is 28.1 Å². The molecule has 0 N–H and O–H groups in total. The largest absolute Gasteiger partial charge is 0.426 e. The van der Waals surface area contributed by atoms with E-state index < -0.39 is 5.92 Å². The molecular formula is C18H16BrNO3. The minimum Gasteiger partial charge on any atom is -0.426 e. The fourth-order valence-electron chi connectivity index (χ4n) is 2.61. The number of halogens is 1. The number of carbonyl (C=O) groups is 2. The van der Waals surface area contributed by atoms with E-state index in [0.29, 0.717) is 12.3 Å². The number of rotatable bonds is 3. The van der Waals surface area contributed by atoms with E-state index in [2.05, 4.69) is 15.9 Å². The Morgan fingerprint density at radius 2 is 1.96 bits per heavy atom. The molecule has 1 saturated heterocycles. The summed E-state index contributed by atoms with van der Waals surface area (Å²) in [5.74, 6) is -0.365. The van der Waals surface area contributed by atoms with Crippen LogP contribution >= 0.6 is 15.9 Å². The molecule has 1 amide bonds. The average molecular weight is 374 g/mol. The first-order valence-corrected chi connectivity index (χ1v) is 8.16. The van der Waals surface area contributed by atoms with E-state index in [1.165, 1.54) is 0 Å². The summed E-state index contributed by atoms with van der Waals surface area (Å²) in [5.41, 5.74) is 1.91. The van der Waals surface area contributed by atoms with Crippen LogP contribution in [-0.4, -0.2) is 18.4 Å². The van der Waals surface area contributed by atoms with Gasteiger partial charge in [-0.25, -0.2) is 0 Å². The van der Waals surface area contributed by atoms with E-state index in [1.807, 2.05) is 43.3 Å². The fourth-order valence-corrected chi connectivity index (χ4v) is 2.88. The van der Waals surface area contributed by atoms with Gasteiger partial charge in [0.05, 0.1) is 5.92 Å². The molecule has 1 atom stereocenters. The summed E-state index contributed by atoms with van der Waals surface area (Å²) in [4.78, 5) is 26.1. The zero-order valence-corrected chi connectivity index (χ0v) is 14.2. The van der Waals surface area contributed by atoms with Crippen molar-refractivity contribution in [2.45, 2.75) is 13.3 Å². The monoisotopic (exact) mass is 373 g/mol. The molecule has 4 nitrogen and oxygen atoms in total. The lowest BCUT2D eigenvalue weighted by Crippen LogP contribution is -2.27. The molecule has 0 unspecified atom stereocenters. The lowest BCUT2D eigenvalue weighted by Gasteiger charge is -2.17. The Kier molecular flexibility index (Phi) is 4.48. The number of anilines is 1. The summed E-state index contributed by atoms with van der Waals surface area (Å²) in [7, 11) is 0. The van der Waals surface area contributed by atoms with Crippen LogP contribution in [-0.2, 0) is 9.59 Å². The van der Waals surface area contributed by atoms with Crippen LogP contribution in [0.25, 0.3) is 0 Å². The van der Waals surface area contributed by atoms with Gasteiger partial charge in [-0.3, -0.25) is 9.59 Å². The van der Waals surface area contributed by atoms with Gasteiger partial charge in [-0.15, -0.1) is 0 Å². The number of benzene rings is 2. The van der Waals surface area contributed by atoms with Gasteiger partial charge in [0.1, 0.15) is 5.75 Å². The molecule has 1 fully saturated rings. The highest BCUT2D eigenvalue weighted by atomic mass is 79.9. The maximum Gasteiger partial charge on any atom is 0.316 e. The second-order valence-electron chi connectivity index (χ2n) is 5.62. The smallest absolute Gasteiger partial charge is 0.316 e. The van der Waals surface area contributed by atoms with Crippen molar-refractivity contribution in [3.05, 3.63) is 58.6 Å². The van der Waals surface area contributed by atoms with E-state index >= 15 is 0 Å². The number of esters is 1. The molecule has 118 valence electrons. The first kappa shape index (κ1) is 15.7. The molecule has 0 aromatic heterocycles. The van der Waals surface area contributed by atoms with Gasteiger partial charge in [0, 0.05) is 23.1 Å². The van der Waals surface area contributed by atoms with Crippen molar-refractivity contribution in [2.75, 3.05) is 11.4 Å². The van der Waals surface area contributed by atoms with Crippen molar-refractivity contribution in [3.8, 4) is 5.75 Å². The Bertz CT molecular complexity index is 742. The van der Waals surface area contributed by atoms with E-state index in [-0.39, 0.29) is 18.3 Å². The normalized spacial score (nSPS) is 17.4. The molecular weight excluding hydrogens is 358 g/mol. The van der Waals surface area contributed by atoms with Crippen LogP contribution in [0.4, 0.5) is 5.69 Å². The molecule has 2 aromatic carbocycles. The Labute approximate surface area is 143 Å². The first-order chi connectivity index (χ1) is 11.0. The third-order valence-corrected chi connectivity index (χ3v) is 4.33. The summed E-state index contributed by atoms with van der Waals surface area (Å²) >= 11 is 3.33. The third-order valence-electron chi connectivity index (χ3n) is 3.80. The van der Waals surface area contributed by atoms with Gasteiger partial charge in [-0.2, -0.15) is 0 Å². The van der Waals surface area contributed by atoms with Gasteiger partial charge < -0.3 is 9.64 Å². The Hall–Kier alpha value is -2.14. The van der Waals surface area contributed by atoms with Gasteiger partial charge in [0.25, 0.3) is 0 Å². The van der Waals surface area contributed by atoms with Crippen LogP contribution in [0.3, 0.4) is 0 Å². The molecule has 3 rings (SSSR count). The van der Waals surface area contributed by atoms with E-state index in [4.69, 9.17) is 4.74 Å². The van der Waals surface area contributed by atoms with Crippen LogP contribution in [0.1, 0.15) is 12.0 Å². The first-order valence-electron chi connectivity index (χ1n) is 7.37. The molecule has 0 bridgehead atoms. The highest BCUT2D eigenvalue weighted by Gasteiger charge is 2.36. The van der Waals surface area contributed by atoms with Crippen molar-refractivity contribution in [3.63, 3.8) is 0 Å². The third kappa shape index (κ3) is 3.62. The summed E-state index contributed by atoms with van der Waals surface area (Å²) in [6.45, 7) is 2.33. The van der Waals surface area contributed by atoms with Gasteiger partial charge in [0.2, 0.25) is 5.91 Å². The van der Waals surface area contributed by atoms with Crippen LogP contribution < -0.4 is 9.64 Å². The maximum atomic E-state index is 12.3. The average Bonchev–Trinajstić information content (AvgIpc) is 2.92. The number of amides is 1. The number of nitrogens with zero attached hydrogens (tertiary/aromatic N) is 1. The predicted molar refractivity (Wildman–Crippen MR) is 91.4 cm³/mol. The standard InChI is InChI=1S/C18H16BrNO3/c1-12-3-2-4-15(9-12)20-11-13(10-17(20)21)18(22)23-16-7-5-14(19)6-8-16/h2-9,13H,10-11H2,1H3/t13-/m1/s1. The molecule has 5 heteroatoms. The van der Waals surface area contributed by atoms with Crippen molar-refractivity contribution >= 4 is 33.5 Å². The zero-order chi connectivity index (χ0) is 16.4. The SMILES string of the molecule is Cc1cccc(N2C[C@H](C(=O)Oc3ccc(Br)cc3)CC2=O)c1. The van der Waals surface area contributed by atoms with Gasteiger partial charge in [0.15, 0.2) is 0 Å². The molecule has 0 spiro atoms. The molecule has 1 heterocycles. The Morgan fingerprint density at radius 3 is 2.65 bits per heavy atom. The molecule has 0 radical (unpaired) electrons. The molecule has 1 aliphatic rings. The molecule has 1 aliphatic heterocycles. The predicted octanol–water partition coefficient (Wildman–Crippen LogP) is 3.72. The maximum absolute atomic E-state index is 12.3. The minimum atomic E-state index is -0.438. The van der Waals surface area contributed by atoms with Crippen LogP contribution in [0.2, 0.25) is 0 Å². The summed E-state index contributed by atoms with van der Waals surface area (Å²) in [5, 5.41) is 0. The van der Waals surface area contributed by atoms with Gasteiger partial charge >= 0.3 is 5.97 Å². The van der Waals surface area contributed by atoms with Crippen LogP contribution in [0.5, 0.6) is 5.75 Å². The van der Waals surface area contributed by atoms with E-state index in [9.17, 15) is 9.59 Å². The van der Waals surface area contributed by atoms with E-state index in [1.54, 1.807) is 17.0 Å². The number of hydrogen-bond donors (Lipinski definition) is 0. The summed E-state index contributed by atoms with van der Waals surface area (Å²) in [6, 6.07) is 14.8. The summed E-state index contributed by atoms with van der Waals surface area (Å²) < 4.78 is 6.29. The lowest BCUT2D eigenvalue weighted by atomic mass is 10.1. The minimum absolute atomic E-state index is 0.0478. The topological polar surface area (TPSA) is 46.6 Å². The molecule has 0 aliphatic carbocycles. The second kappa shape index (κ2) is 6.54. The highest BCUT2D eigenvalue weighted by Crippen LogP contribution is 2.27.